The number of hydrazine groups is 1. The summed E-state index contributed by atoms with van der Waals surface area (Å²) in [5.74, 6) is 0. The third-order valence-corrected chi connectivity index (χ3v) is 9.75. The molecule has 0 aliphatic rings. The highest BCUT2D eigenvalue weighted by atomic mass is 31.2. The number of carbonyl (C=O) groups excluding carboxylic acids is 1. The first kappa shape index (κ1) is 24.0. The molecule has 0 bridgehead atoms. The lowest BCUT2D eigenvalue weighted by molar-refractivity contribution is 0.0498. The molecule has 0 fully saturated rings. The normalized spacial score (nSPS) is 11.7. The SMILES string of the molecule is CC(C)(C)OC(=O)NNCCCC[P+](c1ccccc1)(c1ccccc1)c1ccccc1. The first-order valence-electron chi connectivity index (χ1n) is 11.2. The third-order valence-electron chi connectivity index (χ3n) is 5.23. The number of nitrogens with one attached hydrogen (secondary N) is 2. The van der Waals surface area contributed by atoms with Gasteiger partial charge in [0.25, 0.3) is 0 Å². The van der Waals surface area contributed by atoms with Gasteiger partial charge in [0, 0.05) is 6.54 Å². The Labute approximate surface area is 192 Å². The molecule has 3 aromatic rings. The minimum Gasteiger partial charge on any atom is -0.443 e. The zero-order valence-electron chi connectivity index (χ0n) is 19.3. The number of carbonyl (C=O) groups is 1. The van der Waals surface area contributed by atoms with Crippen LogP contribution in [0.1, 0.15) is 33.6 Å². The van der Waals surface area contributed by atoms with E-state index in [1.165, 1.54) is 15.9 Å². The number of benzene rings is 3. The lowest BCUT2D eigenvalue weighted by atomic mass is 10.2. The Balaban J connectivity index is 1.75. The van der Waals surface area contributed by atoms with Gasteiger partial charge in [0.2, 0.25) is 0 Å². The van der Waals surface area contributed by atoms with Crippen molar-refractivity contribution < 1.29 is 9.53 Å². The quantitative estimate of drug-likeness (QED) is 0.281. The largest absolute Gasteiger partial charge is 0.443 e. The predicted octanol–water partition coefficient (Wildman–Crippen LogP) is 4.79. The van der Waals surface area contributed by atoms with Crippen molar-refractivity contribution in [2.45, 2.75) is 39.2 Å². The maximum atomic E-state index is 11.8. The molecule has 2 N–H and O–H groups in total. The zero-order valence-corrected chi connectivity index (χ0v) is 20.1. The van der Waals surface area contributed by atoms with Crippen LogP contribution in [0.2, 0.25) is 0 Å². The number of unbranched alkanes of at least 4 members (excludes halogenated alkanes) is 1. The van der Waals surface area contributed by atoms with Gasteiger partial charge in [-0.25, -0.2) is 10.2 Å². The van der Waals surface area contributed by atoms with Crippen LogP contribution in [0.15, 0.2) is 91.0 Å². The van der Waals surface area contributed by atoms with Crippen LogP contribution in [0.3, 0.4) is 0 Å². The van der Waals surface area contributed by atoms with E-state index in [1.807, 2.05) is 20.8 Å². The standard InChI is InChI=1S/C27H33N2O2P/c1-27(2,3)31-26(30)29-28-21-13-14-22-32(23-15-7-4-8-16-23,24-17-9-5-10-18-24)25-19-11-6-12-20-25/h4-12,15-20,28H,13-14,21-22H2,1-3H3/p+1. The van der Waals surface area contributed by atoms with Crippen molar-refractivity contribution in [2.75, 3.05) is 12.7 Å². The number of hydrogen-bond donors (Lipinski definition) is 2. The van der Waals surface area contributed by atoms with Gasteiger partial charge in [-0.2, -0.15) is 0 Å². The first-order valence-corrected chi connectivity index (χ1v) is 13.2. The van der Waals surface area contributed by atoms with Gasteiger partial charge in [-0.3, -0.25) is 5.43 Å². The van der Waals surface area contributed by atoms with Crippen LogP contribution in [-0.4, -0.2) is 24.4 Å². The van der Waals surface area contributed by atoms with Crippen LogP contribution < -0.4 is 26.8 Å². The van der Waals surface area contributed by atoms with E-state index in [4.69, 9.17) is 4.74 Å². The number of amides is 1. The topological polar surface area (TPSA) is 50.4 Å². The van der Waals surface area contributed by atoms with Crippen LogP contribution in [0, 0.1) is 0 Å². The molecular weight excluding hydrogens is 415 g/mol. The maximum absolute atomic E-state index is 11.8. The van der Waals surface area contributed by atoms with Crippen LogP contribution >= 0.6 is 7.26 Å². The Morgan fingerprint density at radius 1 is 0.750 bits per heavy atom. The van der Waals surface area contributed by atoms with Gasteiger partial charge in [0.05, 0.1) is 6.16 Å². The van der Waals surface area contributed by atoms with Crippen LogP contribution in [-0.2, 0) is 4.74 Å². The highest BCUT2D eigenvalue weighted by Crippen LogP contribution is 2.55. The Bertz CT molecular complexity index is 861. The summed E-state index contributed by atoms with van der Waals surface area (Å²) in [6, 6.07) is 32.7. The molecule has 0 aliphatic heterocycles. The molecule has 5 heteroatoms. The molecule has 0 radical (unpaired) electrons. The summed E-state index contributed by atoms with van der Waals surface area (Å²) in [6.45, 7) is 6.25. The van der Waals surface area contributed by atoms with Crippen molar-refractivity contribution >= 4 is 29.3 Å². The van der Waals surface area contributed by atoms with Crippen LogP contribution in [0.4, 0.5) is 4.79 Å². The average Bonchev–Trinajstić information content (AvgIpc) is 2.79. The molecule has 3 rings (SSSR count). The Hall–Kier alpha value is -2.68. The van der Waals surface area contributed by atoms with Gasteiger partial charge < -0.3 is 4.74 Å². The van der Waals surface area contributed by atoms with Gasteiger partial charge in [-0.05, 0) is 70.0 Å². The summed E-state index contributed by atoms with van der Waals surface area (Å²) >= 11 is 0. The van der Waals surface area contributed by atoms with Crippen molar-refractivity contribution in [1.82, 2.24) is 10.9 Å². The average molecular weight is 450 g/mol. The van der Waals surface area contributed by atoms with E-state index < -0.39 is 19.0 Å². The highest BCUT2D eigenvalue weighted by molar-refractivity contribution is 7.95. The Morgan fingerprint density at radius 2 is 1.19 bits per heavy atom. The van der Waals surface area contributed by atoms with E-state index in [0.29, 0.717) is 6.54 Å². The Morgan fingerprint density at radius 3 is 1.59 bits per heavy atom. The lowest BCUT2D eigenvalue weighted by Crippen LogP contribution is -2.41. The van der Waals surface area contributed by atoms with E-state index in [0.717, 1.165) is 19.0 Å². The molecule has 32 heavy (non-hydrogen) atoms. The van der Waals surface area contributed by atoms with E-state index in [2.05, 4.69) is 102 Å². The maximum Gasteiger partial charge on any atom is 0.422 e. The first-order chi connectivity index (χ1) is 15.4. The van der Waals surface area contributed by atoms with E-state index in [1.54, 1.807) is 0 Å². The summed E-state index contributed by atoms with van der Waals surface area (Å²) in [6.07, 6.45) is 2.61. The van der Waals surface area contributed by atoms with Crippen molar-refractivity contribution in [1.29, 1.82) is 0 Å². The molecule has 0 heterocycles. The second-order valence-electron chi connectivity index (χ2n) is 8.80. The fourth-order valence-corrected chi connectivity index (χ4v) is 8.29. The third kappa shape index (κ3) is 6.41. The molecule has 0 atom stereocenters. The molecular formula is C27H34N2O2P+. The summed E-state index contributed by atoms with van der Waals surface area (Å²) in [7, 11) is -1.79. The van der Waals surface area contributed by atoms with E-state index >= 15 is 0 Å². The molecule has 168 valence electrons. The van der Waals surface area contributed by atoms with Crippen LogP contribution in [0.25, 0.3) is 0 Å². The van der Waals surface area contributed by atoms with Gasteiger partial charge >= 0.3 is 6.09 Å². The zero-order chi connectivity index (χ0) is 22.9. The molecule has 0 spiro atoms. The van der Waals surface area contributed by atoms with Crippen molar-refractivity contribution in [3.05, 3.63) is 91.0 Å². The van der Waals surface area contributed by atoms with Gasteiger partial charge in [-0.1, -0.05) is 54.6 Å². The molecule has 0 aliphatic carbocycles. The molecule has 4 nitrogen and oxygen atoms in total. The second kappa shape index (κ2) is 11.3. The lowest BCUT2D eigenvalue weighted by Gasteiger charge is -2.27. The summed E-state index contributed by atoms with van der Waals surface area (Å²) < 4.78 is 5.26. The summed E-state index contributed by atoms with van der Waals surface area (Å²) in [5, 5.41) is 4.20. The monoisotopic (exact) mass is 449 g/mol. The fraction of sp³-hybridized carbons (Fsp3) is 0.296. The number of rotatable bonds is 9. The molecule has 0 saturated heterocycles. The minimum absolute atomic E-state index is 0.447. The molecule has 0 unspecified atom stereocenters. The predicted molar refractivity (Wildman–Crippen MR) is 137 cm³/mol. The second-order valence-corrected chi connectivity index (χ2v) is 12.4. The van der Waals surface area contributed by atoms with Gasteiger partial charge in [-0.15, -0.1) is 0 Å². The van der Waals surface area contributed by atoms with Crippen LogP contribution in [0.5, 0.6) is 0 Å². The van der Waals surface area contributed by atoms with E-state index in [9.17, 15) is 4.79 Å². The fourth-order valence-electron chi connectivity index (χ4n) is 3.88. The molecule has 3 aromatic carbocycles. The van der Waals surface area contributed by atoms with Crippen molar-refractivity contribution in [3.63, 3.8) is 0 Å². The summed E-state index contributed by atoms with van der Waals surface area (Å²) in [4.78, 5) is 11.8. The van der Waals surface area contributed by atoms with Gasteiger partial charge in [0.1, 0.15) is 28.8 Å². The van der Waals surface area contributed by atoms with Gasteiger partial charge in [0.15, 0.2) is 0 Å². The number of ether oxygens (including phenoxy) is 1. The van der Waals surface area contributed by atoms with Crippen molar-refractivity contribution in [3.8, 4) is 0 Å². The van der Waals surface area contributed by atoms with Crippen molar-refractivity contribution in [2.24, 2.45) is 0 Å². The highest BCUT2D eigenvalue weighted by Gasteiger charge is 2.44. The van der Waals surface area contributed by atoms with E-state index in [-0.39, 0.29) is 0 Å². The Kier molecular flexibility index (Phi) is 8.44. The minimum atomic E-state index is -1.79. The molecule has 0 saturated carbocycles. The molecule has 1 amide bonds. The number of hydrogen-bond acceptors (Lipinski definition) is 3. The molecule has 0 aromatic heterocycles. The summed E-state index contributed by atoms with van der Waals surface area (Å²) in [5.41, 5.74) is 5.13. The smallest absolute Gasteiger partial charge is 0.422 e.